The Morgan fingerprint density at radius 2 is 1.95 bits per heavy atom. The normalized spacial score (nSPS) is 9.80. The van der Waals surface area contributed by atoms with Gasteiger partial charge in [-0.25, -0.2) is 0 Å². The molecule has 6 nitrogen and oxygen atoms in total. The number of hydrogen-bond acceptors (Lipinski definition) is 5. The van der Waals surface area contributed by atoms with Crippen LogP contribution in [0.5, 0.6) is 11.5 Å². The lowest BCUT2D eigenvalue weighted by atomic mass is 10.2. The largest absolute Gasteiger partial charge is 0.450 e. The van der Waals surface area contributed by atoms with E-state index in [0.29, 0.717) is 11.3 Å². The summed E-state index contributed by atoms with van der Waals surface area (Å²) in [5.74, 6) is 0.395. The Kier molecular flexibility index (Phi) is 3.93. The number of nitriles is 1. The van der Waals surface area contributed by atoms with Crippen molar-refractivity contribution in [3.63, 3.8) is 0 Å². The van der Waals surface area contributed by atoms with Crippen molar-refractivity contribution in [1.29, 1.82) is 5.26 Å². The molecule has 20 heavy (non-hydrogen) atoms. The lowest BCUT2D eigenvalue weighted by molar-refractivity contribution is -0.385. The van der Waals surface area contributed by atoms with Crippen molar-refractivity contribution >= 4 is 5.69 Å². The topological polar surface area (TPSA) is 96.4 Å². The zero-order valence-corrected chi connectivity index (χ0v) is 10.3. The van der Waals surface area contributed by atoms with E-state index < -0.39 is 4.92 Å². The molecule has 0 fully saturated rings. The third-order valence-electron chi connectivity index (χ3n) is 2.64. The molecule has 2 aromatic rings. The molecule has 0 aliphatic heterocycles. The molecule has 0 spiro atoms. The average Bonchev–Trinajstić information content (AvgIpc) is 2.47. The van der Waals surface area contributed by atoms with Crippen LogP contribution in [0, 0.1) is 21.4 Å². The highest BCUT2D eigenvalue weighted by atomic mass is 16.6. The number of benzene rings is 2. The second kappa shape index (κ2) is 5.82. The molecule has 0 saturated carbocycles. The number of aliphatic hydroxyl groups excluding tert-OH is 1. The fourth-order valence-corrected chi connectivity index (χ4v) is 1.67. The van der Waals surface area contributed by atoms with Gasteiger partial charge in [-0.15, -0.1) is 0 Å². The van der Waals surface area contributed by atoms with Crippen molar-refractivity contribution < 1.29 is 14.8 Å². The van der Waals surface area contributed by atoms with E-state index in [1.165, 1.54) is 18.2 Å². The molecule has 0 radical (unpaired) electrons. The molecule has 2 aromatic carbocycles. The molecule has 0 saturated heterocycles. The highest BCUT2D eigenvalue weighted by Gasteiger charge is 2.21. The Morgan fingerprint density at radius 3 is 2.50 bits per heavy atom. The van der Waals surface area contributed by atoms with Gasteiger partial charge < -0.3 is 9.84 Å². The van der Waals surface area contributed by atoms with E-state index in [9.17, 15) is 10.1 Å². The van der Waals surface area contributed by atoms with Crippen molar-refractivity contribution in [1.82, 2.24) is 0 Å². The Hall–Kier alpha value is -2.91. The first-order valence-corrected chi connectivity index (χ1v) is 5.71. The minimum atomic E-state index is -0.643. The summed E-state index contributed by atoms with van der Waals surface area (Å²) in [6, 6.07) is 12.6. The number of hydrogen-bond donors (Lipinski definition) is 1. The second-order valence-corrected chi connectivity index (χ2v) is 3.93. The Bertz CT molecular complexity index is 675. The zero-order chi connectivity index (χ0) is 14.5. The number of nitro groups is 1. The van der Waals surface area contributed by atoms with E-state index in [-0.39, 0.29) is 23.6 Å². The molecule has 1 N–H and O–H groups in total. The summed E-state index contributed by atoms with van der Waals surface area (Å²) in [7, 11) is 0. The van der Waals surface area contributed by atoms with E-state index >= 15 is 0 Å². The maximum atomic E-state index is 11.0. The maximum Gasteiger partial charge on any atom is 0.329 e. The molecule has 2 rings (SSSR count). The summed E-state index contributed by atoms with van der Waals surface area (Å²) < 4.78 is 5.44. The molecular formula is C14H10N2O4. The summed E-state index contributed by atoms with van der Waals surface area (Å²) in [5, 5.41) is 28.9. The first kappa shape index (κ1) is 13.5. The average molecular weight is 270 g/mol. The molecule has 0 atom stereocenters. The molecule has 0 heterocycles. The summed E-state index contributed by atoms with van der Waals surface area (Å²) in [6.45, 7) is -0.0929. The fourth-order valence-electron chi connectivity index (χ4n) is 1.67. The molecular weight excluding hydrogens is 260 g/mol. The minimum absolute atomic E-state index is 0.00537. The van der Waals surface area contributed by atoms with Gasteiger partial charge in [0.1, 0.15) is 17.4 Å². The lowest BCUT2D eigenvalue weighted by Crippen LogP contribution is -1.96. The molecule has 6 heteroatoms. The first-order chi connectivity index (χ1) is 9.65. The van der Waals surface area contributed by atoms with Gasteiger partial charge in [-0.1, -0.05) is 18.2 Å². The van der Waals surface area contributed by atoms with Gasteiger partial charge in [0.25, 0.3) is 0 Å². The summed E-state index contributed by atoms with van der Waals surface area (Å²) >= 11 is 0. The van der Waals surface area contributed by atoms with Gasteiger partial charge in [-0.3, -0.25) is 10.1 Å². The van der Waals surface area contributed by atoms with Crippen molar-refractivity contribution in [3.8, 4) is 17.6 Å². The van der Waals surface area contributed by atoms with Gasteiger partial charge in [-0.2, -0.15) is 5.26 Å². The number of nitro benzene ring substituents is 1. The van der Waals surface area contributed by atoms with Crippen LogP contribution in [0.1, 0.15) is 11.1 Å². The van der Waals surface area contributed by atoms with E-state index in [1.807, 2.05) is 0 Å². The van der Waals surface area contributed by atoms with Crippen molar-refractivity contribution in [3.05, 3.63) is 63.7 Å². The number of ether oxygens (including phenoxy) is 1. The maximum absolute atomic E-state index is 11.0. The quantitative estimate of drug-likeness (QED) is 0.680. The molecule has 0 unspecified atom stereocenters. The van der Waals surface area contributed by atoms with Gasteiger partial charge in [0, 0.05) is 0 Å². The third-order valence-corrected chi connectivity index (χ3v) is 2.64. The summed E-state index contributed by atoms with van der Waals surface area (Å²) in [5.41, 5.74) is 0.290. The van der Waals surface area contributed by atoms with Crippen LogP contribution in [-0.4, -0.2) is 10.0 Å². The predicted octanol–water partition coefficient (Wildman–Crippen LogP) is 2.75. The van der Waals surface area contributed by atoms with Crippen LogP contribution < -0.4 is 4.74 Å². The number of rotatable bonds is 4. The number of aliphatic hydroxyl groups is 1. The lowest BCUT2D eigenvalue weighted by Gasteiger charge is -2.07. The van der Waals surface area contributed by atoms with Gasteiger partial charge in [0.05, 0.1) is 11.5 Å². The SMILES string of the molecule is N#Cc1cccc(Oc2ccc(CO)cc2)c1[N+](=O)[O-]. The zero-order valence-electron chi connectivity index (χ0n) is 10.3. The monoisotopic (exact) mass is 270 g/mol. The van der Waals surface area contributed by atoms with Crippen molar-refractivity contribution in [2.75, 3.05) is 0 Å². The Labute approximate surface area is 114 Å². The minimum Gasteiger partial charge on any atom is -0.450 e. The van der Waals surface area contributed by atoms with Crippen LogP contribution in [0.2, 0.25) is 0 Å². The molecule has 0 amide bonds. The molecule has 0 bridgehead atoms. The first-order valence-electron chi connectivity index (χ1n) is 5.71. The summed E-state index contributed by atoms with van der Waals surface area (Å²) in [4.78, 5) is 10.4. The van der Waals surface area contributed by atoms with E-state index in [4.69, 9.17) is 15.1 Å². The Morgan fingerprint density at radius 1 is 1.25 bits per heavy atom. The summed E-state index contributed by atoms with van der Waals surface area (Å²) in [6.07, 6.45) is 0. The Balaban J connectivity index is 2.38. The van der Waals surface area contributed by atoms with Gasteiger partial charge in [-0.05, 0) is 29.8 Å². The molecule has 0 aliphatic rings. The standard InChI is InChI=1S/C14H10N2O4/c15-8-11-2-1-3-13(14(11)16(18)19)20-12-6-4-10(9-17)5-7-12/h1-7,17H,9H2. The molecule has 0 aliphatic carbocycles. The highest BCUT2D eigenvalue weighted by molar-refractivity contribution is 5.59. The third kappa shape index (κ3) is 2.74. The molecule has 100 valence electrons. The van der Waals surface area contributed by atoms with Crippen molar-refractivity contribution in [2.45, 2.75) is 6.61 Å². The predicted molar refractivity (Wildman–Crippen MR) is 70.3 cm³/mol. The van der Waals surface area contributed by atoms with E-state index in [2.05, 4.69) is 0 Å². The van der Waals surface area contributed by atoms with Crippen LogP contribution in [0.3, 0.4) is 0 Å². The van der Waals surface area contributed by atoms with E-state index in [1.54, 1.807) is 30.3 Å². The van der Waals surface area contributed by atoms with Crippen LogP contribution >= 0.6 is 0 Å². The van der Waals surface area contributed by atoms with Gasteiger partial charge >= 0.3 is 5.69 Å². The van der Waals surface area contributed by atoms with Crippen LogP contribution in [0.25, 0.3) is 0 Å². The number of para-hydroxylation sites is 1. The van der Waals surface area contributed by atoms with Crippen LogP contribution in [-0.2, 0) is 6.61 Å². The van der Waals surface area contributed by atoms with Gasteiger partial charge in [0.2, 0.25) is 5.75 Å². The molecule has 0 aromatic heterocycles. The van der Waals surface area contributed by atoms with Crippen LogP contribution in [0.4, 0.5) is 5.69 Å². The van der Waals surface area contributed by atoms with Gasteiger partial charge in [0.15, 0.2) is 0 Å². The fraction of sp³-hybridized carbons (Fsp3) is 0.0714. The van der Waals surface area contributed by atoms with Crippen molar-refractivity contribution in [2.24, 2.45) is 0 Å². The number of nitrogens with zero attached hydrogens (tertiary/aromatic N) is 2. The van der Waals surface area contributed by atoms with E-state index in [0.717, 1.165) is 0 Å². The highest BCUT2D eigenvalue weighted by Crippen LogP contribution is 2.33. The smallest absolute Gasteiger partial charge is 0.329 e. The van der Waals surface area contributed by atoms with Crippen LogP contribution in [0.15, 0.2) is 42.5 Å². The second-order valence-electron chi connectivity index (χ2n) is 3.93.